The van der Waals surface area contributed by atoms with Crippen molar-refractivity contribution in [3.8, 4) is 5.75 Å². The predicted octanol–water partition coefficient (Wildman–Crippen LogP) is 3.75. The summed E-state index contributed by atoms with van der Waals surface area (Å²) in [4.78, 5) is 43.6. The van der Waals surface area contributed by atoms with Crippen LogP contribution in [0, 0.1) is 0 Å². The molecule has 1 N–H and O–H groups in total. The highest BCUT2D eigenvalue weighted by molar-refractivity contribution is 9.10. The lowest BCUT2D eigenvalue weighted by Gasteiger charge is -2.24. The molecule has 0 spiro atoms. The van der Waals surface area contributed by atoms with E-state index < -0.39 is 24.6 Å². The Morgan fingerprint density at radius 2 is 1.97 bits per heavy atom. The van der Waals surface area contributed by atoms with Crippen LogP contribution in [0.5, 0.6) is 5.75 Å². The maximum absolute atomic E-state index is 13.7. The van der Waals surface area contributed by atoms with Gasteiger partial charge >= 0.3 is 11.9 Å². The predicted molar refractivity (Wildman–Crippen MR) is 146 cm³/mol. The molecule has 1 aromatic heterocycles. The standard InChI is InChI=1S/C26H23BrN2O6S2/c1-4-34-25(33)22-14(2)28-26-29(23(22)16-6-8-17(36-3)9-7-16)24(32)20(37-26)12-15-5-10-19(18(27)11-15)35-13-21(30)31/h5-12,23H,4,13H2,1-3H3,(H,30,31)/b20-12+/t23-/m0/s1. The van der Waals surface area contributed by atoms with E-state index in [-0.39, 0.29) is 12.2 Å². The fourth-order valence-corrected chi connectivity index (χ4v) is 5.87. The van der Waals surface area contributed by atoms with Crippen LogP contribution in [0.2, 0.25) is 0 Å². The summed E-state index contributed by atoms with van der Waals surface area (Å²) in [6.45, 7) is 3.23. The molecule has 0 saturated carbocycles. The van der Waals surface area contributed by atoms with E-state index in [2.05, 4.69) is 20.9 Å². The lowest BCUT2D eigenvalue weighted by molar-refractivity contribution is -0.140. The fourth-order valence-electron chi connectivity index (χ4n) is 3.91. The Morgan fingerprint density at radius 3 is 2.59 bits per heavy atom. The number of hydrogen-bond acceptors (Lipinski definition) is 8. The molecule has 0 bridgehead atoms. The smallest absolute Gasteiger partial charge is 0.341 e. The maximum atomic E-state index is 13.7. The summed E-state index contributed by atoms with van der Waals surface area (Å²) in [6.07, 6.45) is 3.71. The second-order valence-corrected chi connectivity index (χ2v) is 10.7. The van der Waals surface area contributed by atoms with Gasteiger partial charge in [0.2, 0.25) is 0 Å². The molecule has 1 aliphatic heterocycles. The minimum absolute atomic E-state index is 0.208. The number of thioether (sulfide) groups is 1. The molecule has 2 heterocycles. The van der Waals surface area contributed by atoms with Crippen LogP contribution in [0.4, 0.5) is 0 Å². The molecule has 0 radical (unpaired) electrons. The van der Waals surface area contributed by atoms with E-state index in [1.807, 2.05) is 30.5 Å². The lowest BCUT2D eigenvalue weighted by Crippen LogP contribution is -2.39. The van der Waals surface area contributed by atoms with Gasteiger partial charge in [0.25, 0.3) is 5.56 Å². The molecular weight excluding hydrogens is 580 g/mol. The second-order valence-electron chi connectivity index (χ2n) is 7.95. The van der Waals surface area contributed by atoms with E-state index >= 15 is 0 Å². The Balaban J connectivity index is 1.83. The van der Waals surface area contributed by atoms with Gasteiger partial charge in [0.05, 0.1) is 32.9 Å². The molecule has 0 aliphatic carbocycles. The SMILES string of the molecule is CCOC(=O)C1=C(C)N=c2s/c(=C/c3ccc(OCC(=O)O)c(Br)c3)c(=O)n2[C@H]1c1ccc(SC)cc1. The number of halogens is 1. The van der Waals surface area contributed by atoms with E-state index in [0.29, 0.717) is 36.4 Å². The van der Waals surface area contributed by atoms with Crippen LogP contribution in [0.25, 0.3) is 6.08 Å². The Labute approximate surface area is 229 Å². The van der Waals surface area contributed by atoms with E-state index in [4.69, 9.17) is 14.6 Å². The van der Waals surface area contributed by atoms with Crippen molar-refractivity contribution >= 4 is 57.0 Å². The van der Waals surface area contributed by atoms with Gasteiger partial charge in [-0.3, -0.25) is 9.36 Å². The molecule has 2 aromatic carbocycles. The summed E-state index contributed by atoms with van der Waals surface area (Å²) in [5.74, 6) is -1.20. The number of carboxylic acids is 1. The molecule has 0 amide bonds. The van der Waals surface area contributed by atoms with Gasteiger partial charge in [-0.1, -0.05) is 29.5 Å². The molecule has 11 heteroatoms. The molecule has 4 rings (SSSR count). The van der Waals surface area contributed by atoms with Gasteiger partial charge in [-0.2, -0.15) is 0 Å². The zero-order chi connectivity index (χ0) is 26.7. The number of hydrogen-bond donors (Lipinski definition) is 1. The normalized spacial score (nSPS) is 15.2. The Kier molecular flexibility index (Phi) is 8.35. The molecule has 1 atom stereocenters. The first-order chi connectivity index (χ1) is 17.7. The Bertz CT molecular complexity index is 1570. The number of benzene rings is 2. The first kappa shape index (κ1) is 26.9. The van der Waals surface area contributed by atoms with Crippen molar-refractivity contribution in [1.29, 1.82) is 0 Å². The number of carboxylic acid groups (broad SMARTS) is 1. The average Bonchev–Trinajstić information content (AvgIpc) is 3.17. The zero-order valence-corrected chi connectivity index (χ0v) is 23.4. The second kappa shape index (κ2) is 11.5. The number of rotatable bonds is 8. The van der Waals surface area contributed by atoms with Crippen LogP contribution in [0.1, 0.15) is 31.0 Å². The molecular formula is C26H23BrN2O6S2. The van der Waals surface area contributed by atoms with Gasteiger partial charge in [0.15, 0.2) is 11.4 Å². The Hall–Kier alpha value is -3.15. The molecule has 37 heavy (non-hydrogen) atoms. The van der Waals surface area contributed by atoms with E-state index in [1.165, 1.54) is 11.3 Å². The van der Waals surface area contributed by atoms with E-state index in [9.17, 15) is 14.4 Å². The largest absolute Gasteiger partial charge is 0.481 e. The molecule has 1 aliphatic rings. The minimum atomic E-state index is -1.08. The zero-order valence-electron chi connectivity index (χ0n) is 20.2. The molecule has 0 unspecified atom stereocenters. The third kappa shape index (κ3) is 5.73. The number of thiazole rings is 1. The highest BCUT2D eigenvalue weighted by Crippen LogP contribution is 2.32. The average molecular weight is 604 g/mol. The lowest BCUT2D eigenvalue weighted by atomic mass is 9.96. The van der Waals surface area contributed by atoms with Crippen molar-refractivity contribution < 1.29 is 24.2 Å². The number of aliphatic carboxylic acids is 1. The van der Waals surface area contributed by atoms with Gasteiger partial charge in [0, 0.05) is 4.90 Å². The van der Waals surface area contributed by atoms with Crippen LogP contribution >= 0.6 is 39.0 Å². The fraction of sp³-hybridized carbons (Fsp3) is 0.231. The number of nitrogens with zero attached hydrogens (tertiary/aromatic N) is 2. The topological polar surface area (TPSA) is 107 Å². The summed E-state index contributed by atoms with van der Waals surface area (Å²) < 4.78 is 13.1. The number of esters is 1. The summed E-state index contributed by atoms with van der Waals surface area (Å²) in [7, 11) is 0. The third-order valence-electron chi connectivity index (χ3n) is 5.55. The van der Waals surface area contributed by atoms with Gasteiger partial charge in [0.1, 0.15) is 5.75 Å². The van der Waals surface area contributed by atoms with Crippen molar-refractivity contribution in [3.63, 3.8) is 0 Å². The van der Waals surface area contributed by atoms with Crippen LogP contribution in [-0.4, -0.2) is 41.1 Å². The molecule has 3 aromatic rings. The minimum Gasteiger partial charge on any atom is -0.481 e. The van der Waals surface area contributed by atoms with Gasteiger partial charge in [-0.15, -0.1) is 11.8 Å². The molecule has 0 fully saturated rings. The first-order valence-electron chi connectivity index (χ1n) is 11.2. The number of carbonyl (C=O) groups is 2. The first-order valence-corrected chi connectivity index (χ1v) is 14.0. The highest BCUT2D eigenvalue weighted by Gasteiger charge is 2.33. The summed E-state index contributed by atoms with van der Waals surface area (Å²) >= 11 is 6.22. The third-order valence-corrected chi connectivity index (χ3v) is 7.90. The summed E-state index contributed by atoms with van der Waals surface area (Å²) in [5, 5.41) is 8.83. The van der Waals surface area contributed by atoms with Crippen molar-refractivity contribution in [2.24, 2.45) is 4.99 Å². The quantitative estimate of drug-likeness (QED) is 0.309. The van der Waals surface area contributed by atoms with Crippen molar-refractivity contribution in [1.82, 2.24) is 4.57 Å². The number of allylic oxidation sites excluding steroid dienone is 1. The van der Waals surface area contributed by atoms with Crippen LogP contribution in [0.3, 0.4) is 0 Å². The molecule has 8 nitrogen and oxygen atoms in total. The van der Waals surface area contributed by atoms with Crippen molar-refractivity contribution in [3.05, 3.63) is 89.0 Å². The van der Waals surface area contributed by atoms with Gasteiger partial charge in [-0.05, 0) is 77.5 Å². The van der Waals surface area contributed by atoms with Gasteiger partial charge < -0.3 is 14.6 Å². The monoisotopic (exact) mass is 602 g/mol. The molecule has 192 valence electrons. The maximum Gasteiger partial charge on any atom is 0.341 e. The molecule has 0 saturated heterocycles. The summed E-state index contributed by atoms with van der Waals surface area (Å²) in [6, 6.07) is 12.2. The van der Waals surface area contributed by atoms with E-state index in [0.717, 1.165) is 10.5 Å². The highest BCUT2D eigenvalue weighted by atomic mass is 79.9. The Morgan fingerprint density at radius 1 is 1.24 bits per heavy atom. The van der Waals surface area contributed by atoms with Crippen LogP contribution in [0.15, 0.2) is 72.9 Å². The van der Waals surface area contributed by atoms with Crippen molar-refractivity contribution in [2.45, 2.75) is 24.8 Å². The summed E-state index contributed by atoms with van der Waals surface area (Å²) in [5.41, 5.74) is 2.06. The number of ether oxygens (including phenoxy) is 2. The van der Waals surface area contributed by atoms with Crippen molar-refractivity contribution in [2.75, 3.05) is 19.5 Å². The van der Waals surface area contributed by atoms with Crippen LogP contribution < -0.4 is 19.6 Å². The number of aromatic nitrogens is 1. The number of fused-ring (bicyclic) bond motifs is 1. The number of carbonyl (C=O) groups excluding carboxylic acids is 1. The van der Waals surface area contributed by atoms with Crippen LogP contribution in [-0.2, 0) is 14.3 Å². The van der Waals surface area contributed by atoms with E-state index in [1.54, 1.807) is 54.5 Å². The van der Waals surface area contributed by atoms with Gasteiger partial charge in [-0.25, -0.2) is 14.6 Å².